The van der Waals surface area contributed by atoms with E-state index in [1.807, 2.05) is 0 Å². The Morgan fingerprint density at radius 3 is 2.05 bits per heavy atom. The Hall–Kier alpha value is -7.41. The third-order valence-electron chi connectivity index (χ3n) is 10.8. The second-order valence-corrected chi connectivity index (χ2v) is 15.2. The predicted octanol–water partition coefficient (Wildman–Crippen LogP) is -0.809. The largest absolute Gasteiger partial charge is 0.504 e. The third-order valence-corrected chi connectivity index (χ3v) is 10.8. The van der Waals surface area contributed by atoms with E-state index in [0.29, 0.717) is 6.08 Å². The molecule has 1 aliphatic carbocycles. The highest BCUT2D eigenvalue weighted by atomic mass is 16.6. The number of aliphatic carboxylic acids is 2. The Kier molecular flexibility index (Phi) is 14.4. The SMILES string of the molecule is O=C(O)CC(O)[C@@H]1OC[C@H](O)[C@H](O)[C@H]1OC(=O)C1=Cc2cc(O)c(O)cc2[C@@H](c2ccc(O)c(O)c2)C1C(=O)O[C@@H]1C=C(C(=O)O)O[C@H](C(O)CO)[C@@H]1OC(=O)/C=C\c1ccc(O)c(O)c1. The summed E-state index contributed by atoms with van der Waals surface area (Å²) in [6.45, 7) is -1.79. The molecule has 66 heavy (non-hydrogen) atoms. The van der Waals surface area contributed by atoms with Crippen molar-refractivity contribution in [1.29, 1.82) is 0 Å². The molecule has 0 radical (unpaired) electrons. The molecule has 3 unspecified atom stereocenters. The number of carboxylic acid groups (broad SMARTS) is 2. The maximum absolute atomic E-state index is 15.0. The Labute approximate surface area is 370 Å². The van der Waals surface area contributed by atoms with Crippen molar-refractivity contribution in [2.75, 3.05) is 13.2 Å². The van der Waals surface area contributed by atoms with E-state index in [1.54, 1.807) is 0 Å². The Morgan fingerprint density at radius 2 is 1.41 bits per heavy atom. The van der Waals surface area contributed by atoms with E-state index in [2.05, 4.69) is 0 Å². The highest BCUT2D eigenvalue weighted by Crippen LogP contribution is 2.48. The van der Waals surface area contributed by atoms with Gasteiger partial charge in [-0.15, -0.1) is 0 Å². The van der Waals surface area contributed by atoms with E-state index < -0.39 is 162 Å². The number of phenolic OH excluding ortho intramolecular Hbond substituents is 6. The van der Waals surface area contributed by atoms with Gasteiger partial charge in [0.05, 0.1) is 37.2 Å². The van der Waals surface area contributed by atoms with Gasteiger partial charge in [-0.05, 0) is 70.8 Å². The number of rotatable bonds is 14. The molecule has 0 bridgehead atoms. The van der Waals surface area contributed by atoms with Crippen molar-refractivity contribution >= 4 is 42.0 Å². The van der Waals surface area contributed by atoms with Gasteiger partial charge in [0, 0.05) is 18.1 Å². The minimum absolute atomic E-state index is 0.0733. The normalized spacial score (nSPS) is 25.8. The van der Waals surface area contributed by atoms with Crippen LogP contribution in [-0.2, 0) is 47.7 Å². The summed E-state index contributed by atoms with van der Waals surface area (Å²) in [6, 6.07) is 8.50. The van der Waals surface area contributed by atoms with Gasteiger partial charge in [0.15, 0.2) is 58.9 Å². The smallest absolute Gasteiger partial charge is 0.370 e. The topological polar surface area (TPSA) is 394 Å². The molecule has 1 saturated heterocycles. The fourth-order valence-electron chi connectivity index (χ4n) is 7.58. The molecule has 6 rings (SSSR count). The number of fused-ring (bicyclic) bond motifs is 1. The van der Waals surface area contributed by atoms with Crippen LogP contribution in [0.25, 0.3) is 12.2 Å². The quantitative estimate of drug-likeness (QED) is 0.0407. The molecule has 23 heteroatoms. The maximum atomic E-state index is 15.0. The van der Waals surface area contributed by atoms with Crippen LogP contribution in [0.2, 0.25) is 0 Å². The van der Waals surface area contributed by atoms with Gasteiger partial charge in [-0.1, -0.05) is 12.1 Å². The summed E-state index contributed by atoms with van der Waals surface area (Å²) in [5, 5.41) is 134. The zero-order valence-electron chi connectivity index (χ0n) is 33.8. The molecule has 0 spiro atoms. The molecule has 3 aliphatic rings. The zero-order chi connectivity index (χ0) is 48.3. The number of aliphatic hydroxyl groups is 5. The molecular formula is C43H42O23. The molecule has 11 atom stereocenters. The van der Waals surface area contributed by atoms with Crippen LogP contribution in [0.3, 0.4) is 0 Å². The Balaban J connectivity index is 1.47. The van der Waals surface area contributed by atoms with Crippen LogP contribution in [0.1, 0.15) is 34.6 Å². The molecule has 23 nitrogen and oxygen atoms in total. The first-order valence-electron chi connectivity index (χ1n) is 19.6. The lowest BCUT2D eigenvalue weighted by Crippen LogP contribution is -2.58. The predicted molar refractivity (Wildman–Crippen MR) is 215 cm³/mol. The number of aliphatic hydroxyl groups excluding tert-OH is 5. The summed E-state index contributed by atoms with van der Waals surface area (Å²) >= 11 is 0. The molecule has 0 aromatic heterocycles. The number of benzene rings is 3. The first kappa shape index (κ1) is 48.1. The summed E-state index contributed by atoms with van der Waals surface area (Å²) in [7, 11) is 0. The van der Waals surface area contributed by atoms with E-state index >= 15 is 0 Å². The van der Waals surface area contributed by atoms with Crippen molar-refractivity contribution in [3.63, 3.8) is 0 Å². The number of aromatic hydroxyl groups is 6. The average Bonchev–Trinajstić information content (AvgIpc) is 3.26. The first-order chi connectivity index (χ1) is 31.2. The lowest BCUT2D eigenvalue weighted by Gasteiger charge is -2.40. The van der Waals surface area contributed by atoms with Crippen molar-refractivity contribution in [2.45, 2.75) is 67.3 Å². The summed E-state index contributed by atoms with van der Waals surface area (Å²) in [5.74, 6) is -16.4. The highest BCUT2D eigenvalue weighted by Gasteiger charge is 2.51. The van der Waals surface area contributed by atoms with Gasteiger partial charge in [0.2, 0.25) is 5.76 Å². The van der Waals surface area contributed by atoms with Gasteiger partial charge in [0.1, 0.15) is 24.4 Å². The molecule has 352 valence electrons. The van der Waals surface area contributed by atoms with Crippen LogP contribution in [-0.4, -0.2) is 164 Å². The lowest BCUT2D eigenvalue weighted by molar-refractivity contribution is -0.224. The van der Waals surface area contributed by atoms with Gasteiger partial charge >= 0.3 is 29.8 Å². The number of phenols is 6. The monoisotopic (exact) mass is 926 g/mol. The molecule has 1 fully saturated rings. The number of esters is 3. The first-order valence-corrected chi connectivity index (χ1v) is 19.6. The molecule has 3 aromatic carbocycles. The van der Waals surface area contributed by atoms with Crippen LogP contribution >= 0.6 is 0 Å². The maximum Gasteiger partial charge on any atom is 0.370 e. The van der Waals surface area contributed by atoms with E-state index in [4.69, 9.17) is 23.7 Å². The van der Waals surface area contributed by atoms with Crippen LogP contribution < -0.4 is 0 Å². The summed E-state index contributed by atoms with van der Waals surface area (Å²) in [6.07, 6.45) is -15.2. The number of carbonyl (C=O) groups excluding carboxylic acids is 3. The number of carboxylic acids is 2. The number of carbonyl (C=O) groups is 5. The Bertz CT molecular complexity index is 2480. The highest BCUT2D eigenvalue weighted by molar-refractivity contribution is 6.02. The van der Waals surface area contributed by atoms with Crippen LogP contribution in [0.4, 0.5) is 0 Å². The molecule has 2 aliphatic heterocycles. The van der Waals surface area contributed by atoms with Crippen molar-refractivity contribution in [3.8, 4) is 34.5 Å². The molecule has 0 amide bonds. The molecule has 0 saturated carbocycles. The zero-order valence-corrected chi connectivity index (χ0v) is 33.8. The van der Waals surface area contributed by atoms with Gasteiger partial charge < -0.3 is 90.1 Å². The lowest BCUT2D eigenvalue weighted by atomic mass is 9.71. The standard InChI is InChI=1S/C43H42O23/c44-14-28(52)38-39(65-33(56)6-2-16-1-4-21(45)23(47)7-16)30(13-31(63-38)41(58)59)64-43(61)35-20(42(60)66-40-36(57)29(53)15-62-37(40)27(51)12-32(54)55)8-18-10-25(49)26(50)11-19(18)34(35)17-3-5-22(46)24(48)9-17/h1-11,13,27-30,34-40,44-53,57H,12,14-15H2,(H,54,55)(H,58,59)/b6-2-/t27?,28?,29-,30+,34+,35?,36-,37-,38+,39+,40+/m0/s1. The van der Waals surface area contributed by atoms with Gasteiger partial charge in [-0.2, -0.15) is 0 Å². The fraction of sp³-hybridized carbons (Fsp3) is 0.326. The minimum Gasteiger partial charge on any atom is -0.504 e. The molecule has 13 N–H and O–H groups in total. The van der Waals surface area contributed by atoms with E-state index in [0.717, 1.165) is 54.6 Å². The Morgan fingerprint density at radius 1 is 0.758 bits per heavy atom. The third kappa shape index (κ3) is 10.3. The van der Waals surface area contributed by atoms with Crippen molar-refractivity contribution in [1.82, 2.24) is 0 Å². The van der Waals surface area contributed by atoms with Gasteiger partial charge in [0.25, 0.3) is 0 Å². The molecule has 3 aromatic rings. The summed E-state index contributed by atoms with van der Waals surface area (Å²) in [5.41, 5.74) is -0.879. The number of ether oxygens (including phenoxy) is 5. The van der Waals surface area contributed by atoms with Crippen LogP contribution in [0.15, 0.2) is 72.0 Å². The number of hydrogen-bond donors (Lipinski definition) is 13. The fourth-order valence-corrected chi connectivity index (χ4v) is 7.58. The van der Waals surface area contributed by atoms with E-state index in [9.17, 15) is 90.4 Å². The van der Waals surface area contributed by atoms with Crippen LogP contribution in [0.5, 0.6) is 34.5 Å². The second-order valence-electron chi connectivity index (χ2n) is 15.2. The second kappa shape index (κ2) is 19.8. The van der Waals surface area contributed by atoms with E-state index in [-0.39, 0.29) is 22.3 Å². The van der Waals surface area contributed by atoms with E-state index in [1.165, 1.54) is 12.1 Å². The molecular weight excluding hydrogens is 884 g/mol. The van der Waals surface area contributed by atoms with Crippen molar-refractivity contribution in [2.24, 2.45) is 5.92 Å². The van der Waals surface area contributed by atoms with Gasteiger partial charge in [-0.3, -0.25) is 9.59 Å². The minimum atomic E-state index is -2.10. The summed E-state index contributed by atoms with van der Waals surface area (Å²) in [4.78, 5) is 66.5. The average molecular weight is 927 g/mol. The number of hydrogen-bond acceptors (Lipinski definition) is 21. The summed E-state index contributed by atoms with van der Waals surface area (Å²) < 4.78 is 27.6. The van der Waals surface area contributed by atoms with Crippen molar-refractivity contribution in [3.05, 3.63) is 94.3 Å². The van der Waals surface area contributed by atoms with Crippen LogP contribution in [0, 0.1) is 5.92 Å². The molecule has 2 heterocycles. The van der Waals surface area contributed by atoms with Gasteiger partial charge in [-0.25, -0.2) is 14.4 Å². The van der Waals surface area contributed by atoms with Crippen molar-refractivity contribution < 1.29 is 114 Å².